The fraction of sp³-hybridized carbons (Fsp3) is 0.571. The molecule has 27 heavy (non-hydrogen) atoms. The van der Waals surface area contributed by atoms with Gasteiger partial charge in [-0.2, -0.15) is 21.6 Å². The van der Waals surface area contributed by atoms with E-state index in [1.165, 1.54) is 17.1 Å². The van der Waals surface area contributed by atoms with Crippen LogP contribution in [0.2, 0.25) is 0 Å². The van der Waals surface area contributed by atoms with Gasteiger partial charge in [0, 0.05) is 19.2 Å². The second kappa shape index (κ2) is 10.2. The van der Waals surface area contributed by atoms with Gasteiger partial charge in [-0.1, -0.05) is 4.68 Å². The molecule has 0 atom stereocenters. The number of halogens is 3. The monoisotopic (exact) mass is 416 g/mol. The highest BCUT2D eigenvalue weighted by Crippen LogP contribution is 2.15. The molecule has 9 nitrogen and oxygen atoms in total. The van der Waals surface area contributed by atoms with E-state index < -0.39 is 28.0 Å². The summed E-state index contributed by atoms with van der Waals surface area (Å²) in [6.45, 7) is 3.84. The van der Waals surface area contributed by atoms with Crippen molar-refractivity contribution in [3.05, 3.63) is 24.0 Å². The number of methoxy groups -OCH3 is 1. The predicted octanol–water partition coefficient (Wildman–Crippen LogP) is 0.459. The van der Waals surface area contributed by atoms with Crippen LogP contribution in [-0.2, 0) is 26.2 Å². The second-order valence-electron chi connectivity index (χ2n) is 5.46. The minimum Gasteiger partial charge on any atom is -0.462 e. The third-order valence-corrected chi connectivity index (χ3v) is 3.81. The minimum atomic E-state index is -4.85. The lowest BCUT2D eigenvalue weighted by atomic mass is 10.2. The quantitative estimate of drug-likeness (QED) is 0.421. The van der Waals surface area contributed by atoms with Crippen LogP contribution in [0, 0.1) is 0 Å². The zero-order valence-corrected chi connectivity index (χ0v) is 15.9. The van der Waals surface area contributed by atoms with Gasteiger partial charge >= 0.3 is 12.1 Å². The second-order valence-corrected chi connectivity index (χ2v) is 7.04. The van der Waals surface area contributed by atoms with Crippen molar-refractivity contribution >= 4 is 22.0 Å². The number of amides is 1. The molecule has 1 aromatic rings. The molecule has 0 saturated carbocycles. The van der Waals surface area contributed by atoms with E-state index in [-0.39, 0.29) is 18.5 Å². The van der Waals surface area contributed by atoms with Crippen LogP contribution in [0.15, 0.2) is 18.5 Å². The van der Waals surface area contributed by atoms with Crippen LogP contribution in [0.25, 0.3) is 0 Å². The van der Waals surface area contributed by atoms with Crippen LogP contribution in [-0.4, -0.2) is 67.0 Å². The van der Waals surface area contributed by atoms with Crippen molar-refractivity contribution in [3.63, 3.8) is 0 Å². The van der Waals surface area contributed by atoms with Crippen molar-refractivity contribution in [3.8, 4) is 0 Å². The largest absolute Gasteiger partial charge is 0.490 e. The van der Waals surface area contributed by atoms with Crippen molar-refractivity contribution in [2.45, 2.75) is 32.6 Å². The highest BCUT2D eigenvalue weighted by Gasteiger charge is 2.40. The number of aromatic nitrogens is 2. The molecule has 154 valence electrons. The Morgan fingerprint density at radius 1 is 1.37 bits per heavy atom. The predicted molar refractivity (Wildman–Crippen MR) is 86.1 cm³/mol. The van der Waals surface area contributed by atoms with Gasteiger partial charge in [0.15, 0.2) is 12.7 Å². The maximum atomic E-state index is 12.0. The molecule has 1 aromatic heterocycles. The number of rotatable bonds is 5. The van der Waals surface area contributed by atoms with Gasteiger partial charge < -0.3 is 9.64 Å². The summed E-state index contributed by atoms with van der Waals surface area (Å²) in [5.74, 6) is -2.73. The Balaban J connectivity index is 0.000000713. The first-order valence-corrected chi connectivity index (χ1v) is 9.03. The molecular weight excluding hydrogens is 395 g/mol. The molecule has 1 rings (SSSR count). The van der Waals surface area contributed by atoms with Crippen LogP contribution in [0.4, 0.5) is 13.2 Å². The number of esters is 1. The molecule has 0 unspecified atom stereocenters. The maximum Gasteiger partial charge on any atom is 0.490 e. The van der Waals surface area contributed by atoms with E-state index in [4.69, 9.17) is 4.55 Å². The SMILES string of the molecule is CC(C)N(C)C(=O)c1cc[n+](CCS(=O)(=O)O)nc1.COC(=O)C(F)(F)F. The maximum absolute atomic E-state index is 12.0. The van der Waals surface area contributed by atoms with Crippen molar-refractivity contribution < 1.29 is 45.1 Å². The van der Waals surface area contributed by atoms with E-state index in [2.05, 4.69) is 9.84 Å². The summed E-state index contributed by atoms with van der Waals surface area (Å²) < 4.78 is 67.4. The summed E-state index contributed by atoms with van der Waals surface area (Å²) in [6, 6.07) is 1.65. The molecule has 0 bridgehead atoms. The topological polar surface area (TPSA) is 118 Å². The van der Waals surface area contributed by atoms with Crippen molar-refractivity contribution in [2.24, 2.45) is 0 Å². The lowest BCUT2D eigenvalue weighted by molar-refractivity contribution is -0.750. The Bertz CT molecular complexity index is 735. The van der Waals surface area contributed by atoms with Gasteiger partial charge in [0.1, 0.15) is 11.9 Å². The standard InChI is InChI=1S/C11H17N3O4S.C3H3F3O2/c1-9(2)13(3)11(15)10-4-5-14(12-8-10)6-7-19(16,17)18;1-8-2(7)3(4,5)6/h4-5,8-9H,6-7H2,1-3H3;1H3/p+1. The lowest BCUT2D eigenvalue weighted by Crippen LogP contribution is -2.41. The first kappa shape index (κ1) is 24.7. The first-order chi connectivity index (χ1) is 12.2. The molecular formula is C14H21F3N3O6S+. The molecule has 1 amide bonds. The first-order valence-electron chi connectivity index (χ1n) is 7.42. The number of carbonyl (C=O) groups is 2. The Labute approximate surface area is 154 Å². The van der Waals surface area contributed by atoms with E-state index >= 15 is 0 Å². The smallest absolute Gasteiger partial charge is 0.462 e. The van der Waals surface area contributed by atoms with E-state index in [9.17, 15) is 31.2 Å². The Kier molecular flexibility index (Phi) is 9.30. The van der Waals surface area contributed by atoms with E-state index in [0.717, 1.165) is 0 Å². The normalized spacial score (nSPS) is 11.4. The van der Waals surface area contributed by atoms with Crippen LogP contribution < -0.4 is 4.68 Å². The average molecular weight is 416 g/mol. The van der Waals surface area contributed by atoms with Gasteiger partial charge in [-0.3, -0.25) is 9.35 Å². The molecule has 0 fully saturated rings. The molecule has 13 heteroatoms. The van der Waals surface area contributed by atoms with Crippen LogP contribution in [0.1, 0.15) is 24.2 Å². The van der Waals surface area contributed by atoms with E-state index in [1.54, 1.807) is 18.0 Å². The Morgan fingerprint density at radius 3 is 2.22 bits per heavy atom. The van der Waals surface area contributed by atoms with Crippen molar-refractivity contribution in [1.29, 1.82) is 0 Å². The van der Waals surface area contributed by atoms with Gasteiger partial charge in [-0.25, -0.2) is 4.79 Å². The third kappa shape index (κ3) is 9.84. The van der Waals surface area contributed by atoms with Crippen LogP contribution >= 0.6 is 0 Å². The van der Waals surface area contributed by atoms with Crippen LogP contribution in [0.5, 0.6) is 0 Å². The molecule has 0 aromatic carbocycles. The molecule has 1 heterocycles. The summed E-state index contributed by atoms with van der Waals surface area (Å²) in [4.78, 5) is 23.0. The molecule has 0 aliphatic heterocycles. The summed E-state index contributed by atoms with van der Waals surface area (Å²) in [5, 5.41) is 3.94. The summed E-state index contributed by atoms with van der Waals surface area (Å²) in [5.41, 5.74) is 0.430. The van der Waals surface area contributed by atoms with Gasteiger partial charge in [0.25, 0.3) is 16.0 Å². The number of carbonyl (C=O) groups excluding carboxylic acids is 2. The number of alkyl halides is 3. The van der Waals surface area contributed by atoms with Gasteiger partial charge in [-0.15, -0.1) is 0 Å². The van der Waals surface area contributed by atoms with Crippen LogP contribution in [0.3, 0.4) is 0 Å². The molecule has 0 saturated heterocycles. The number of aryl methyl sites for hydroxylation is 1. The van der Waals surface area contributed by atoms with E-state index in [0.29, 0.717) is 12.7 Å². The lowest BCUT2D eigenvalue weighted by Gasteiger charge is -2.20. The van der Waals surface area contributed by atoms with Crippen molar-refractivity contribution in [1.82, 2.24) is 10.00 Å². The highest BCUT2D eigenvalue weighted by atomic mass is 32.2. The van der Waals surface area contributed by atoms with Gasteiger partial charge in [0.2, 0.25) is 0 Å². The van der Waals surface area contributed by atoms with Gasteiger partial charge in [0.05, 0.1) is 12.7 Å². The molecule has 1 N–H and O–H groups in total. The minimum absolute atomic E-state index is 0.0350. The summed E-state index contributed by atoms with van der Waals surface area (Å²) >= 11 is 0. The molecule has 0 aliphatic rings. The zero-order valence-electron chi connectivity index (χ0n) is 15.1. The number of nitrogens with zero attached hydrogens (tertiary/aromatic N) is 3. The van der Waals surface area contributed by atoms with E-state index in [1.807, 2.05) is 13.8 Å². The molecule has 0 spiro atoms. The molecule has 0 radical (unpaired) electrons. The van der Waals surface area contributed by atoms with Gasteiger partial charge in [-0.05, 0) is 18.9 Å². The Morgan fingerprint density at radius 2 is 1.93 bits per heavy atom. The highest BCUT2D eigenvalue weighted by molar-refractivity contribution is 7.85. The third-order valence-electron chi connectivity index (χ3n) is 3.11. The summed E-state index contributed by atoms with van der Waals surface area (Å²) in [6.07, 6.45) is -1.97. The number of hydrogen-bond donors (Lipinski definition) is 1. The average Bonchev–Trinajstić information content (AvgIpc) is 2.57. The molecule has 0 aliphatic carbocycles. The summed E-state index contributed by atoms with van der Waals surface area (Å²) in [7, 11) is -1.63. The van der Waals surface area contributed by atoms with Crippen molar-refractivity contribution in [2.75, 3.05) is 19.9 Å². The number of ether oxygens (including phenoxy) is 1. The fourth-order valence-corrected chi connectivity index (χ4v) is 1.82. The number of hydrogen-bond acceptors (Lipinski definition) is 6. The fourth-order valence-electron chi connectivity index (χ4n) is 1.41. The Hall–Kier alpha value is -2.28. The zero-order chi connectivity index (χ0) is 21.4.